The highest BCUT2D eigenvalue weighted by Crippen LogP contribution is 2.31. The fourth-order valence-corrected chi connectivity index (χ4v) is 2.04. The number of ether oxygens (including phenoxy) is 1. The first-order valence-corrected chi connectivity index (χ1v) is 5.55. The van der Waals surface area contributed by atoms with Crippen LogP contribution in [-0.4, -0.2) is 18.2 Å². The molecule has 0 radical (unpaired) electrons. The highest BCUT2D eigenvalue weighted by molar-refractivity contribution is 6.33. The number of halogens is 1. The number of rotatable bonds is 1. The molecular formula is C11H11ClN2O2. The zero-order valence-electron chi connectivity index (χ0n) is 8.57. The number of hydrogen-bond acceptors (Lipinski definition) is 4. The topological polar surface area (TPSA) is 61.3 Å². The van der Waals surface area contributed by atoms with Crippen LogP contribution in [0.15, 0.2) is 16.5 Å². The van der Waals surface area contributed by atoms with Gasteiger partial charge in [-0.05, 0) is 12.5 Å². The summed E-state index contributed by atoms with van der Waals surface area (Å²) in [4.78, 5) is 4.41. The Morgan fingerprint density at radius 1 is 1.44 bits per heavy atom. The lowest BCUT2D eigenvalue weighted by atomic mass is 10.1. The van der Waals surface area contributed by atoms with Crippen LogP contribution in [0.2, 0.25) is 5.02 Å². The Balaban J connectivity index is 2.08. The van der Waals surface area contributed by atoms with Gasteiger partial charge in [0.25, 0.3) is 0 Å². The second-order valence-electron chi connectivity index (χ2n) is 3.95. The number of nitrogens with zero attached hydrogens (tertiary/aromatic N) is 1. The van der Waals surface area contributed by atoms with Gasteiger partial charge in [-0.2, -0.15) is 0 Å². The molecule has 1 aromatic heterocycles. The lowest BCUT2D eigenvalue weighted by Crippen LogP contribution is -1.96. The third-order valence-corrected chi connectivity index (χ3v) is 3.13. The molecule has 2 N–H and O–H groups in total. The molecule has 0 amide bonds. The van der Waals surface area contributed by atoms with E-state index < -0.39 is 0 Å². The SMILES string of the molecule is Nc1cc2oc(C3CCOC3)nc2cc1Cl. The lowest BCUT2D eigenvalue weighted by Gasteiger charge is -1.98. The van der Waals surface area contributed by atoms with Crippen molar-refractivity contribution in [2.24, 2.45) is 0 Å². The van der Waals surface area contributed by atoms with Gasteiger partial charge in [-0.3, -0.25) is 0 Å². The first-order chi connectivity index (χ1) is 7.74. The van der Waals surface area contributed by atoms with E-state index in [1.807, 2.05) is 0 Å². The van der Waals surface area contributed by atoms with Crippen LogP contribution in [0.4, 0.5) is 5.69 Å². The summed E-state index contributed by atoms with van der Waals surface area (Å²) in [6.45, 7) is 1.45. The van der Waals surface area contributed by atoms with E-state index >= 15 is 0 Å². The van der Waals surface area contributed by atoms with Crippen molar-refractivity contribution < 1.29 is 9.15 Å². The minimum atomic E-state index is 0.257. The largest absolute Gasteiger partial charge is 0.440 e. The van der Waals surface area contributed by atoms with Gasteiger partial charge in [0.2, 0.25) is 5.89 Å². The van der Waals surface area contributed by atoms with Crippen LogP contribution < -0.4 is 5.73 Å². The van der Waals surface area contributed by atoms with E-state index in [4.69, 9.17) is 26.5 Å². The molecule has 2 heterocycles. The lowest BCUT2D eigenvalue weighted by molar-refractivity contribution is 0.191. The number of oxazole rings is 1. The minimum Gasteiger partial charge on any atom is -0.440 e. The Morgan fingerprint density at radius 2 is 2.31 bits per heavy atom. The fraction of sp³-hybridized carbons (Fsp3) is 0.364. The smallest absolute Gasteiger partial charge is 0.201 e. The highest BCUT2D eigenvalue weighted by atomic mass is 35.5. The van der Waals surface area contributed by atoms with Crippen LogP contribution >= 0.6 is 11.6 Å². The molecule has 1 aromatic carbocycles. The maximum Gasteiger partial charge on any atom is 0.201 e. The molecule has 1 unspecified atom stereocenters. The Kier molecular flexibility index (Phi) is 2.26. The highest BCUT2D eigenvalue weighted by Gasteiger charge is 2.23. The van der Waals surface area contributed by atoms with Gasteiger partial charge in [0.05, 0.1) is 23.2 Å². The van der Waals surface area contributed by atoms with E-state index in [2.05, 4.69) is 4.98 Å². The zero-order chi connectivity index (χ0) is 11.1. The first kappa shape index (κ1) is 9.93. The van der Waals surface area contributed by atoms with Crippen LogP contribution in [0.3, 0.4) is 0 Å². The van der Waals surface area contributed by atoms with Crippen LogP contribution in [0.25, 0.3) is 11.1 Å². The van der Waals surface area contributed by atoms with Crippen LogP contribution in [0.5, 0.6) is 0 Å². The summed E-state index contributed by atoms with van der Waals surface area (Å²) in [6, 6.07) is 3.44. The number of aromatic nitrogens is 1. The molecule has 0 aliphatic carbocycles. The minimum absolute atomic E-state index is 0.257. The molecule has 1 atom stereocenters. The van der Waals surface area contributed by atoms with Gasteiger partial charge in [-0.15, -0.1) is 0 Å². The quantitative estimate of drug-likeness (QED) is 0.776. The molecule has 16 heavy (non-hydrogen) atoms. The van der Waals surface area contributed by atoms with Crippen LogP contribution in [0.1, 0.15) is 18.2 Å². The van der Waals surface area contributed by atoms with E-state index in [0.717, 1.165) is 18.5 Å². The monoisotopic (exact) mass is 238 g/mol. The van der Waals surface area contributed by atoms with Gasteiger partial charge in [-0.1, -0.05) is 11.6 Å². The Labute approximate surface area is 97.3 Å². The van der Waals surface area contributed by atoms with Crippen molar-refractivity contribution in [1.29, 1.82) is 0 Å². The number of anilines is 1. The Bertz CT molecular complexity index is 493. The standard InChI is InChI=1S/C11H11ClN2O2/c12-7-3-9-10(4-8(7)13)16-11(14-9)6-1-2-15-5-6/h3-4,6H,1-2,5,13H2. The molecule has 3 rings (SSSR count). The van der Waals surface area contributed by atoms with E-state index in [-0.39, 0.29) is 5.92 Å². The summed E-state index contributed by atoms with van der Waals surface area (Å²) >= 11 is 5.93. The van der Waals surface area contributed by atoms with Crippen molar-refractivity contribution in [2.45, 2.75) is 12.3 Å². The van der Waals surface area contributed by atoms with Gasteiger partial charge in [0.15, 0.2) is 5.58 Å². The number of benzene rings is 1. The first-order valence-electron chi connectivity index (χ1n) is 5.17. The predicted molar refractivity (Wildman–Crippen MR) is 61.6 cm³/mol. The molecule has 84 valence electrons. The van der Waals surface area contributed by atoms with Crippen molar-refractivity contribution in [3.8, 4) is 0 Å². The normalized spacial score (nSPS) is 20.7. The predicted octanol–water partition coefficient (Wildman–Crippen LogP) is 2.57. The molecule has 1 aliphatic heterocycles. The number of nitrogen functional groups attached to an aromatic ring is 1. The van der Waals surface area contributed by atoms with Gasteiger partial charge >= 0.3 is 0 Å². The fourth-order valence-electron chi connectivity index (χ4n) is 1.89. The Morgan fingerprint density at radius 3 is 3.06 bits per heavy atom. The Hall–Kier alpha value is -1.26. The van der Waals surface area contributed by atoms with E-state index in [1.165, 1.54) is 0 Å². The van der Waals surface area contributed by atoms with Crippen LogP contribution in [0, 0.1) is 0 Å². The maximum atomic E-state index is 5.93. The number of hydrogen-bond donors (Lipinski definition) is 1. The molecule has 1 saturated heterocycles. The molecular weight excluding hydrogens is 228 g/mol. The third-order valence-electron chi connectivity index (χ3n) is 2.80. The summed E-state index contributed by atoms with van der Waals surface area (Å²) in [6.07, 6.45) is 0.954. The molecule has 5 heteroatoms. The summed E-state index contributed by atoms with van der Waals surface area (Å²) in [7, 11) is 0. The van der Waals surface area contributed by atoms with E-state index in [9.17, 15) is 0 Å². The third kappa shape index (κ3) is 1.54. The summed E-state index contributed by atoms with van der Waals surface area (Å²) in [5, 5.41) is 0.509. The van der Waals surface area contributed by atoms with E-state index in [0.29, 0.717) is 28.8 Å². The number of nitrogens with two attached hydrogens (primary N) is 1. The molecule has 0 spiro atoms. The zero-order valence-corrected chi connectivity index (χ0v) is 9.33. The van der Waals surface area contributed by atoms with Gasteiger partial charge in [-0.25, -0.2) is 4.98 Å². The molecule has 0 saturated carbocycles. The van der Waals surface area contributed by atoms with Crippen molar-refractivity contribution >= 4 is 28.4 Å². The molecule has 0 bridgehead atoms. The van der Waals surface area contributed by atoms with Crippen molar-refractivity contribution in [3.63, 3.8) is 0 Å². The van der Waals surface area contributed by atoms with Gasteiger partial charge in [0.1, 0.15) is 5.52 Å². The van der Waals surface area contributed by atoms with Crippen molar-refractivity contribution in [1.82, 2.24) is 4.98 Å². The molecule has 1 fully saturated rings. The summed E-state index contributed by atoms with van der Waals surface area (Å²) in [5.41, 5.74) is 7.65. The van der Waals surface area contributed by atoms with Crippen molar-refractivity contribution in [3.05, 3.63) is 23.0 Å². The van der Waals surface area contributed by atoms with Gasteiger partial charge < -0.3 is 14.9 Å². The molecule has 2 aromatic rings. The van der Waals surface area contributed by atoms with Crippen molar-refractivity contribution in [2.75, 3.05) is 18.9 Å². The molecule has 1 aliphatic rings. The average molecular weight is 239 g/mol. The average Bonchev–Trinajstić information content (AvgIpc) is 2.86. The summed E-state index contributed by atoms with van der Waals surface area (Å²) in [5.74, 6) is 0.974. The maximum absolute atomic E-state index is 5.93. The van der Waals surface area contributed by atoms with E-state index in [1.54, 1.807) is 12.1 Å². The van der Waals surface area contributed by atoms with Crippen LogP contribution in [-0.2, 0) is 4.74 Å². The number of fused-ring (bicyclic) bond motifs is 1. The second kappa shape index (κ2) is 3.64. The van der Waals surface area contributed by atoms with Gasteiger partial charge in [0, 0.05) is 12.7 Å². The molecule has 4 nitrogen and oxygen atoms in total. The summed E-state index contributed by atoms with van der Waals surface area (Å²) < 4.78 is 11.0. The second-order valence-corrected chi connectivity index (χ2v) is 4.36.